The van der Waals surface area contributed by atoms with E-state index in [0.29, 0.717) is 0 Å². The molecule has 0 saturated heterocycles. The maximum Gasteiger partial charge on any atom is 0.433 e. The lowest BCUT2D eigenvalue weighted by Crippen LogP contribution is -2.41. The van der Waals surface area contributed by atoms with Gasteiger partial charge in [-0.15, -0.1) is 0 Å². The molecular formula is C10H12N2O6. The Labute approximate surface area is 102 Å². The van der Waals surface area contributed by atoms with E-state index in [-0.39, 0.29) is 12.2 Å². The first-order chi connectivity index (χ1) is 8.38. The highest BCUT2D eigenvalue weighted by atomic mass is 16.6. The van der Waals surface area contributed by atoms with E-state index in [0.717, 1.165) is 17.0 Å². The van der Waals surface area contributed by atoms with Crippen molar-refractivity contribution in [2.24, 2.45) is 0 Å². The van der Waals surface area contributed by atoms with Crippen LogP contribution in [-0.4, -0.2) is 39.9 Å². The molecule has 1 aromatic heterocycles. The van der Waals surface area contributed by atoms with E-state index in [1.54, 1.807) is 6.92 Å². The van der Waals surface area contributed by atoms with Gasteiger partial charge in [-0.1, -0.05) is 6.92 Å². The average molecular weight is 256 g/mol. The Morgan fingerprint density at radius 1 is 1.56 bits per heavy atom. The summed E-state index contributed by atoms with van der Waals surface area (Å²) in [5, 5.41) is 19.3. The number of carboxylic acid groups (broad SMARTS) is 1. The van der Waals surface area contributed by atoms with Crippen LogP contribution in [0.5, 0.6) is 0 Å². The van der Waals surface area contributed by atoms with Crippen LogP contribution in [-0.2, 0) is 4.79 Å². The number of hydrogen-bond donors (Lipinski definition) is 1. The molecule has 0 radical (unpaired) electrons. The van der Waals surface area contributed by atoms with Crippen LogP contribution in [0, 0.1) is 10.1 Å². The second-order valence-corrected chi connectivity index (χ2v) is 3.57. The molecule has 0 aliphatic carbocycles. The van der Waals surface area contributed by atoms with Gasteiger partial charge in [-0.05, 0) is 12.5 Å². The van der Waals surface area contributed by atoms with Gasteiger partial charge >= 0.3 is 11.9 Å². The molecule has 0 aromatic carbocycles. The molecule has 18 heavy (non-hydrogen) atoms. The van der Waals surface area contributed by atoms with E-state index in [1.807, 2.05) is 0 Å². The van der Waals surface area contributed by atoms with Crippen molar-refractivity contribution >= 4 is 17.8 Å². The number of hydrogen-bond acceptors (Lipinski definition) is 5. The predicted octanol–water partition coefficient (Wildman–Crippen LogP) is 1.12. The number of rotatable bonds is 5. The minimum atomic E-state index is -1.14. The van der Waals surface area contributed by atoms with Crippen LogP contribution in [0.1, 0.15) is 23.9 Å². The van der Waals surface area contributed by atoms with Gasteiger partial charge in [-0.3, -0.25) is 14.9 Å². The molecule has 98 valence electrons. The van der Waals surface area contributed by atoms with Crippen LogP contribution in [0.25, 0.3) is 0 Å². The Morgan fingerprint density at radius 3 is 2.56 bits per heavy atom. The van der Waals surface area contributed by atoms with Crippen LogP contribution in [0.3, 0.4) is 0 Å². The molecule has 0 aliphatic rings. The van der Waals surface area contributed by atoms with E-state index < -0.39 is 28.7 Å². The quantitative estimate of drug-likeness (QED) is 0.623. The molecular weight excluding hydrogens is 244 g/mol. The lowest BCUT2D eigenvalue weighted by atomic mass is 10.2. The molecule has 8 nitrogen and oxygen atoms in total. The zero-order valence-electron chi connectivity index (χ0n) is 9.82. The third-order valence-corrected chi connectivity index (χ3v) is 2.44. The van der Waals surface area contributed by atoms with Crippen LogP contribution < -0.4 is 0 Å². The molecule has 1 amide bonds. The maximum absolute atomic E-state index is 11.8. The fourth-order valence-corrected chi connectivity index (χ4v) is 1.47. The molecule has 1 unspecified atom stereocenters. The van der Waals surface area contributed by atoms with Crippen molar-refractivity contribution in [2.75, 3.05) is 7.05 Å². The van der Waals surface area contributed by atoms with Crippen molar-refractivity contribution in [1.29, 1.82) is 0 Å². The number of carboxylic acids is 1. The van der Waals surface area contributed by atoms with Gasteiger partial charge in [0, 0.05) is 7.05 Å². The van der Waals surface area contributed by atoms with E-state index in [4.69, 9.17) is 9.52 Å². The first-order valence-electron chi connectivity index (χ1n) is 5.12. The van der Waals surface area contributed by atoms with Gasteiger partial charge < -0.3 is 14.4 Å². The second-order valence-electron chi connectivity index (χ2n) is 3.57. The summed E-state index contributed by atoms with van der Waals surface area (Å²) in [5.74, 6) is -2.68. The number of aliphatic carboxylic acids is 1. The van der Waals surface area contributed by atoms with Crippen molar-refractivity contribution in [3.8, 4) is 0 Å². The Kier molecular flexibility index (Phi) is 4.03. The number of nitro groups is 1. The van der Waals surface area contributed by atoms with Crippen LogP contribution in [0.2, 0.25) is 0 Å². The third kappa shape index (κ3) is 2.65. The van der Waals surface area contributed by atoms with Crippen molar-refractivity contribution < 1.29 is 24.0 Å². The van der Waals surface area contributed by atoms with Gasteiger partial charge in [0.2, 0.25) is 0 Å². The molecule has 1 heterocycles. The topological polar surface area (TPSA) is 114 Å². The summed E-state index contributed by atoms with van der Waals surface area (Å²) in [6.45, 7) is 1.62. The minimum Gasteiger partial charge on any atom is -0.480 e. The number of carbonyl (C=O) groups excluding carboxylic acids is 1. The van der Waals surface area contributed by atoms with Crippen LogP contribution >= 0.6 is 0 Å². The molecule has 0 spiro atoms. The summed E-state index contributed by atoms with van der Waals surface area (Å²) in [5.41, 5.74) is 0. The largest absolute Gasteiger partial charge is 0.480 e. The Morgan fingerprint density at radius 2 is 2.17 bits per heavy atom. The molecule has 1 aromatic rings. The van der Waals surface area contributed by atoms with Crippen molar-refractivity contribution in [1.82, 2.24) is 4.90 Å². The average Bonchev–Trinajstić information content (AvgIpc) is 2.77. The minimum absolute atomic E-state index is 0.223. The molecule has 1 atom stereocenters. The smallest absolute Gasteiger partial charge is 0.433 e. The summed E-state index contributed by atoms with van der Waals surface area (Å²) < 4.78 is 4.72. The molecule has 0 saturated carbocycles. The van der Waals surface area contributed by atoms with Crippen molar-refractivity contribution in [3.63, 3.8) is 0 Å². The Balaban J connectivity index is 2.91. The van der Waals surface area contributed by atoms with E-state index in [9.17, 15) is 19.7 Å². The highest BCUT2D eigenvalue weighted by Crippen LogP contribution is 2.18. The molecule has 0 aliphatic heterocycles. The first-order valence-corrected chi connectivity index (χ1v) is 5.12. The number of nitrogens with zero attached hydrogens (tertiary/aromatic N) is 2. The third-order valence-electron chi connectivity index (χ3n) is 2.44. The number of likely N-dealkylation sites (N-methyl/N-ethyl adjacent to an activating group) is 1. The SMILES string of the molecule is CCC(C(=O)O)N(C)C(=O)c1ccc([N+](=O)[O-])o1. The summed E-state index contributed by atoms with van der Waals surface area (Å²) in [6.07, 6.45) is 0.223. The second kappa shape index (κ2) is 5.30. The van der Waals surface area contributed by atoms with E-state index in [1.165, 1.54) is 7.05 Å². The van der Waals surface area contributed by atoms with Gasteiger partial charge in [0.1, 0.15) is 11.0 Å². The van der Waals surface area contributed by atoms with Gasteiger partial charge in [-0.25, -0.2) is 4.79 Å². The maximum atomic E-state index is 11.8. The van der Waals surface area contributed by atoms with E-state index in [2.05, 4.69) is 0 Å². The van der Waals surface area contributed by atoms with Gasteiger partial charge in [-0.2, -0.15) is 0 Å². The van der Waals surface area contributed by atoms with Gasteiger partial charge in [0.05, 0.1) is 6.07 Å². The fourth-order valence-electron chi connectivity index (χ4n) is 1.47. The van der Waals surface area contributed by atoms with Crippen LogP contribution in [0.15, 0.2) is 16.5 Å². The standard InChI is InChI=1S/C10H12N2O6/c1-3-6(10(14)15)11(2)9(13)7-4-5-8(18-7)12(16)17/h4-6H,3H2,1-2H3,(H,14,15). The monoisotopic (exact) mass is 256 g/mol. The number of amides is 1. The van der Waals surface area contributed by atoms with Gasteiger partial charge in [0.15, 0.2) is 5.76 Å². The van der Waals surface area contributed by atoms with Gasteiger partial charge in [0.25, 0.3) is 5.91 Å². The molecule has 1 rings (SSSR count). The highest BCUT2D eigenvalue weighted by Gasteiger charge is 2.28. The summed E-state index contributed by atoms with van der Waals surface area (Å²) in [7, 11) is 1.30. The summed E-state index contributed by atoms with van der Waals surface area (Å²) in [6, 6.07) is 1.19. The Hall–Kier alpha value is -2.38. The zero-order chi connectivity index (χ0) is 13.9. The normalized spacial score (nSPS) is 11.9. The van der Waals surface area contributed by atoms with Crippen molar-refractivity contribution in [2.45, 2.75) is 19.4 Å². The predicted molar refractivity (Wildman–Crippen MR) is 59.2 cm³/mol. The lowest BCUT2D eigenvalue weighted by Gasteiger charge is -2.22. The fraction of sp³-hybridized carbons (Fsp3) is 0.400. The number of carbonyl (C=O) groups is 2. The lowest BCUT2D eigenvalue weighted by molar-refractivity contribution is -0.402. The highest BCUT2D eigenvalue weighted by molar-refractivity contribution is 5.94. The molecule has 8 heteroatoms. The summed E-state index contributed by atoms with van der Waals surface area (Å²) in [4.78, 5) is 33.3. The van der Waals surface area contributed by atoms with E-state index >= 15 is 0 Å². The Bertz CT molecular complexity index is 480. The van der Waals surface area contributed by atoms with Crippen LogP contribution in [0.4, 0.5) is 5.88 Å². The molecule has 0 fully saturated rings. The molecule has 0 bridgehead atoms. The summed E-state index contributed by atoms with van der Waals surface area (Å²) >= 11 is 0. The first kappa shape index (κ1) is 13.7. The van der Waals surface area contributed by atoms with Crippen molar-refractivity contribution in [3.05, 3.63) is 28.0 Å². The number of furan rings is 1. The zero-order valence-corrected chi connectivity index (χ0v) is 9.82. The molecule has 1 N–H and O–H groups in total.